The molecule has 3 unspecified atom stereocenters. The molecular weight excluding hydrogens is 503 g/mol. The fourth-order valence-electron chi connectivity index (χ4n) is 2.02. The van der Waals surface area contributed by atoms with E-state index in [0.717, 1.165) is 0 Å². The van der Waals surface area contributed by atoms with E-state index in [1.54, 1.807) is 6.92 Å². The molecule has 0 spiro atoms. The zero-order valence-electron chi connectivity index (χ0n) is 17.7. The molecule has 3 atom stereocenters. The smallest absolute Gasteiger partial charge is 1.00 e. The summed E-state index contributed by atoms with van der Waals surface area (Å²) in [7, 11) is -10.2. The second-order valence-electron chi connectivity index (χ2n) is 5.76. The van der Waals surface area contributed by atoms with Crippen molar-refractivity contribution >= 4 is 34.6 Å². The van der Waals surface area contributed by atoms with Crippen molar-refractivity contribution in [2.45, 2.75) is 56.9 Å². The number of aryl methyl sites for hydroxylation is 1. The molecule has 0 aliphatic carbocycles. The van der Waals surface area contributed by atoms with E-state index in [2.05, 4.69) is 49.9 Å². The number of hydrogen-bond acceptors (Lipinski definition) is 5. The molecule has 29 heavy (non-hydrogen) atoms. The van der Waals surface area contributed by atoms with Gasteiger partial charge in [-0.3, -0.25) is 0 Å². The van der Waals surface area contributed by atoms with Gasteiger partial charge in [0.1, 0.15) is 15.2 Å². The van der Waals surface area contributed by atoms with Crippen LogP contribution in [0.1, 0.15) is 38.2 Å². The Kier molecular flexibility index (Phi) is 26.3. The van der Waals surface area contributed by atoms with Crippen molar-refractivity contribution in [2.75, 3.05) is 0 Å². The number of rotatable bonds is 8. The number of aliphatic hydroxyl groups is 1. The monoisotopic (exact) mass is 532 g/mol. The first kappa shape index (κ1) is 37.9. The summed E-state index contributed by atoms with van der Waals surface area (Å²) >= 11 is 0.659. The van der Waals surface area contributed by atoms with Crippen LogP contribution in [0.2, 0.25) is 5.82 Å². The van der Waals surface area contributed by atoms with E-state index in [0.29, 0.717) is 27.8 Å². The Morgan fingerprint density at radius 1 is 1.07 bits per heavy atom. The molecular formula is C17H28Na2O7P2Se. The molecule has 1 rings (SSSR count). The van der Waals surface area contributed by atoms with Crippen LogP contribution >= 0.6 is 15.2 Å². The number of hydrogen-bond donors (Lipinski definition) is 3. The van der Waals surface area contributed by atoms with Crippen LogP contribution in [0.4, 0.5) is 0 Å². The standard InChI is InChI=1S/C8H10Se.C7H18O7P2.C2H2.2Na/c1-7-4-3-5-8(6-7)9-2;1-6(8)4-2-3-5-7(15(9,10)11)16(12,13)14;1-2;;/h3-6H,1-2H3;6-8H,2-5H2,1H3,(H2,9,10,11)(H2,12,13,14);1-2H;;/q;;;2*+1/p-2. The Balaban J connectivity index is -0.000000205. The largest absolute Gasteiger partial charge is 1.00 e. The molecule has 1 aromatic rings. The summed E-state index contributed by atoms with van der Waals surface area (Å²) in [4.78, 5) is 38.7. The van der Waals surface area contributed by atoms with E-state index in [9.17, 15) is 18.9 Å². The van der Waals surface area contributed by atoms with E-state index in [1.165, 1.54) is 10.0 Å². The van der Waals surface area contributed by atoms with E-state index in [1.807, 2.05) is 0 Å². The molecule has 0 aromatic heterocycles. The third kappa shape index (κ3) is 21.2. The summed E-state index contributed by atoms with van der Waals surface area (Å²) in [5, 5.41) is 6.76. The van der Waals surface area contributed by atoms with Gasteiger partial charge in [-0.25, -0.2) is 0 Å². The van der Waals surface area contributed by atoms with Crippen LogP contribution in [0.15, 0.2) is 24.3 Å². The molecule has 7 nitrogen and oxygen atoms in total. The molecule has 0 saturated heterocycles. The molecule has 0 aliphatic heterocycles. The van der Waals surface area contributed by atoms with Crippen molar-refractivity contribution in [3.05, 3.63) is 29.8 Å². The van der Waals surface area contributed by atoms with Gasteiger partial charge >= 0.3 is 121 Å². The van der Waals surface area contributed by atoms with E-state index < -0.39 is 26.7 Å². The second kappa shape index (κ2) is 20.2. The van der Waals surface area contributed by atoms with Gasteiger partial charge in [0.25, 0.3) is 0 Å². The van der Waals surface area contributed by atoms with E-state index >= 15 is 0 Å². The van der Waals surface area contributed by atoms with Gasteiger partial charge in [-0.1, -0.05) is 12.8 Å². The number of aliphatic hydroxyl groups excluding tert-OH is 1. The van der Waals surface area contributed by atoms with E-state index in [4.69, 9.17) is 14.9 Å². The quantitative estimate of drug-likeness (QED) is 0.132. The molecule has 0 aliphatic rings. The van der Waals surface area contributed by atoms with Crippen LogP contribution in [0, 0.1) is 19.8 Å². The van der Waals surface area contributed by atoms with Crippen LogP contribution in [-0.4, -0.2) is 41.4 Å². The van der Waals surface area contributed by atoms with Crippen LogP contribution in [-0.2, 0) is 9.13 Å². The average Bonchev–Trinajstić information content (AvgIpc) is 2.54. The Morgan fingerprint density at radius 2 is 1.52 bits per heavy atom. The van der Waals surface area contributed by atoms with Gasteiger partial charge in [-0.05, 0) is 19.8 Å². The van der Waals surface area contributed by atoms with Gasteiger partial charge < -0.3 is 33.8 Å². The molecule has 156 valence electrons. The Hall–Kier alpha value is 1.56. The number of benzene rings is 1. The maximum absolute atomic E-state index is 10.7. The molecule has 0 fully saturated rings. The van der Waals surface area contributed by atoms with Crippen molar-refractivity contribution in [3.63, 3.8) is 0 Å². The van der Waals surface area contributed by atoms with Gasteiger partial charge in [0.05, 0.1) is 11.5 Å². The Morgan fingerprint density at radius 3 is 1.83 bits per heavy atom. The molecule has 3 N–H and O–H groups in total. The normalized spacial score (nSPS) is 15.8. The fraction of sp³-hybridized carbons (Fsp3) is 0.529. The number of unbranched alkanes of at least 4 members (excludes halogenated alkanes) is 1. The molecule has 12 heteroatoms. The SMILES string of the molecule is C#C.CC(O)CCCCC(P(=O)([O-])O)P(=O)([O-])O.C[Se]c1cccc(C)c1.[Na+].[Na+]. The van der Waals surface area contributed by atoms with Gasteiger partial charge in [0.2, 0.25) is 0 Å². The van der Waals surface area contributed by atoms with Crippen molar-refractivity contribution in [1.82, 2.24) is 0 Å². The zero-order valence-corrected chi connectivity index (χ0v) is 25.2. The van der Waals surface area contributed by atoms with Crippen LogP contribution < -0.4 is 73.4 Å². The Bertz CT molecular complexity index is 626. The van der Waals surface area contributed by atoms with Gasteiger partial charge in [-0.15, -0.1) is 12.8 Å². The second-order valence-corrected chi connectivity index (χ2v) is 11.5. The fourth-order valence-corrected chi connectivity index (χ4v) is 5.60. The van der Waals surface area contributed by atoms with Crippen molar-refractivity contribution in [1.29, 1.82) is 0 Å². The average molecular weight is 531 g/mol. The van der Waals surface area contributed by atoms with Crippen molar-refractivity contribution in [2.24, 2.45) is 0 Å². The molecule has 0 saturated carbocycles. The first-order valence-corrected chi connectivity index (χ1v) is 13.9. The summed E-state index contributed by atoms with van der Waals surface area (Å²) in [6, 6.07) is 8.69. The predicted molar refractivity (Wildman–Crippen MR) is 106 cm³/mol. The maximum atomic E-state index is 10.7. The van der Waals surface area contributed by atoms with Gasteiger partial charge in [-0.2, -0.15) is 0 Å². The van der Waals surface area contributed by atoms with Crippen LogP contribution in [0.3, 0.4) is 0 Å². The topological polar surface area (TPSA) is 141 Å². The van der Waals surface area contributed by atoms with E-state index in [-0.39, 0.29) is 72.0 Å². The van der Waals surface area contributed by atoms with Crippen LogP contribution in [0.5, 0.6) is 0 Å². The summed E-state index contributed by atoms with van der Waals surface area (Å²) in [5.41, 5.74) is 1.37. The summed E-state index contributed by atoms with van der Waals surface area (Å²) in [6.45, 7) is 3.68. The summed E-state index contributed by atoms with van der Waals surface area (Å²) < 4.78 is 22.9. The summed E-state index contributed by atoms with van der Waals surface area (Å²) in [6.07, 6.45) is 8.06. The van der Waals surface area contributed by atoms with Gasteiger partial charge in [0, 0.05) is 0 Å². The number of terminal acetylenes is 1. The molecule has 0 radical (unpaired) electrons. The first-order valence-electron chi connectivity index (χ1n) is 8.07. The van der Waals surface area contributed by atoms with Gasteiger partial charge in [0.15, 0.2) is 0 Å². The minimum Gasteiger partial charge on any atom is 1.00 e. The van der Waals surface area contributed by atoms with Crippen molar-refractivity contribution < 1.29 is 92.9 Å². The molecule has 0 amide bonds. The third-order valence-corrected chi connectivity index (χ3v) is 8.61. The maximum Gasteiger partial charge on any atom is 1.00 e. The van der Waals surface area contributed by atoms with Crippen LogP contribution in [0.25, 0.3) is 0 Å². The zero-order chi connectivity index (χ0) is 21.7. The molecule has 0 heterocycles. The Labute approximate surface area is 224 Å². The minimum absolute atomic E-state index is 0. The first-order chi connectivity index (χ1) is 12.4. The minimum atomic E-state index is -5.10. The third-order valence-electron chi connectivity index (χ3n) is 3.31. The molecule has 1 aromatic carbocycles. The predicted octanol–water partition coefficient (Wildman–Crippen LogP) is -5.02. The molecule has 0 bridgehead atoms. The van der Waals surface area contributed by atoms with Crippen molar-refractivity contribution in [3.8, 4) is 12.8 Å². The summed E-state index contributed by atoms with van der Waals surface area (Å²) in [5.74, 6) is 2.24.